The Hall–Kier alpha value is -2.22. The Morgan fingerprint density at radius 3 is 2.00 bits per heavy atom. The summed E-state index contributed by atoms with van der Waals surface area (Å²) >= 11 is 0. The van der Waals surface area contributed by atoms with Gasteiger partial charge in [-0.1, -0.05) is 60.7 Å². The number of carbonyl (C=O) groups excluding carboxylic acids is 1. The first-order valence-electron chi connectivity index (χ1n) is 9.01. The van der Waals surface area contributed by atoms with Crippen LogP contribution >= 0.6 is 0 Å². The molecule has 144 valence electrons. The summed E-state index contributed by atoms with van der Waals surface area (Å²) < 4.78 is 31.4. The van der Waals surface area contributed by atoms with Crippen LogP contribution in [-0.2, 0) is 19.6 Å². The molecule has 1 saturated heterocycles. The lowest BCUT2D eigenvalue weighted by Crippen LogP contribution is -2.44. The number of sulfonamides is 1. The molecule has 1 amide bonds. The second-order valence-electron chi connectivity index (χ2n) is 6.37. The minimum Gasteiger partial charge on any atom is -0.379 e. The molecule has 0 spiro atoms. The molecule has 1 N–H and O–H groups in total. The van der Waals surface area contributed by atoms with Gasteiger partial charge in [-0.05, 0) is 11.1 Å². The zero-order chi connectivity index (χ0) is 19.1. The summed E-state index contributed by atoms with van der Waals surface area (Å²) in [6.07, 6.45) is 0. The Labute approximate surface area is 160 Å². The van der Waals surface area contributed by atoms with Gasteiger partial charge in [-0.3, -0.25) is 4.79 Å². The average molecular weight is 388 g/mol. The number of ether oxygens (including phenoxy) is 1. The van der Waals surface area contributed by atoms with Crippen LogP contribution in [0.2, 0.25) is 0 Å². The second-order valence-corrected chi connectivity index (χ2v) is 8.46. The minimum atomic E-state index is -3.40. The van der Waals surface area contributed by atoms with E-state index in [-0.39, 0.29) is 18.2 Å². The van der Waals surface area contributed by atoms with E-state index in [4.69, 9.17) is 4.74 Å². The summed E-state index contributed by atoms with van der Waals surface area (Å²) in [7, 11) is -3.40. The van der Waals surface area contributed by atoms with Crippen molar-refractivity contribution in [3.63, 3.8) is 0 Å². The largest absolute Gasteiger partial charge is 0.379 e. The Morgan fingerprint density at radius 1 is 0.963 bits per heavy atom. The van der Waals surface area contributed by atoms with E-state index in [0.717, 1.165) is 11.1 Å². The highest BCUT2D eigenvalue weighted by Gasteiger charge is 2.26. The fraction of sp³-hybridized carbons (Fsp3) is 0.350. The van der Waals surface area contributed by atoms with Crippen LogP contribution in [0.4, 0.5) is 0 Å². The van der Waals surface area contributed by atoms with Crippen LogP contribution < -0.4 is 5.32 Å². The van der Waals surface area contributed by atoms with Gasteiger partial charge in [-0.15, -0.1) is 0 Å². The third-order valence-electron chi connectivity index (χ3n) is 4.55. The number of benzene rings is 2. The van der Waals surface area contributed by atoms with Gasteiger partial charge in [-0.25, -0.2) is 8.42 Å². The van der Waals surface area contributed by atoms with Crippen molar-refractivity contribution in [3.8, 4) is 0 Å². The molecule has 0 saturated carbocycles. The molecule has 0 atom stereocenters. The Morgan fingerprint density at radius 2 is 1.48 bits per heavy atom. The van der Waals surface area contributed by atoms with Crippen LogP contribution in [0.5, 0.6) is 0 Å². The maximum Gasteiger partial charge on any atom is 0.232 e. The van der Waals surface area contributed by atoms with Crippen LogP contribution in [0.3, 0.4) is 0 Å². The zero-order valence-electron chi connectivity index (χ0n) is 15.1. The highest BCUT2D eigenvalue weighted by Crippen LogP contribution is 2.24. The molecule has 0 bridgehead atoms. The standard InChI is InChI=1S/C20H24N2O4S/c23-20(21-11-16-27(24,25)22-12-14-26-15-13-22)19(17-7-3-1-4-8-17)18-9-5-2-6-10-18/h1-10,19H,11-16H2,(H,21,23). The van der Waals surface area contributed by atoms with Crippen LogP contribution in [0.1, 0.15) is 17.0 Å². The Bertz CT molecular complexity index is 795. The molecule has 0 unspecified atom stereocenters. The normalized spacial score (nSPS) is 15.6. The summed E-state index contributed by atoms with van der Waals surface area (Å²) in [5.41, 5.74) is 1.74. The first-order chi connectivity index (χ1) is 13.1. The topological polar surface area (TPSA) is 75.7 Å². The molecule has 1 aliphatic rings. The molecule has 0 aliphatic carbocycles. The summed E-state index contributed by atoms with van der Waals surface area (Å²) in [5.74, 6) is -0.794. The zero-order valence-corrected chi connectivity index (χ0v) is 15.9. The van der Waals surface area contributed by atoms with Gasteiger partial charge in [0.25, 0.3) is 0 Å². The third kappa shape index (κ3) is 5.15. The van der Waals surface area contributed by atoms with E-state index in [1.165, 1.54) is 4.31 Å². The molecule has 1 fully saturated rings. The maximum absolute atomic E-state index is 12.9. The number of morpholine rings is 1. The fourth-order valence-electron chi connectivity index (χ4n) is 3.15. The van der Waals surface area contributed by atoms with Gasteiger partial charge >= 0.3 is 0 Å². The SMILES string of the molecule is O=C(NCCS(=O)(=O)N1CCOCC1)C(c1ccccc1)c1ccccc1. The monoisotopic (exact) mass is 388 g/mol. The van der Waals surface area contributed by atoms with Gasteiger partial charge in [0.2, 0.25) is 15.9 Å². The number of nitrogens with zero attached hydrogens (tertiary/aromatic N) is 1. The lowest BCUT2D eigenvalue weighted by molar-refractivity contribution is -0.121. The van der Waals surface area contributed by atoms with E-state index in [0.29, 0.717) is 26.3 Å². The van der Waals surface area contributed by atoms with Gasteiger partial charge < -0.3 is 10.1 Å². The van der Waals surface area contributed by atoms with Gasteiger partial charge in [0, 0.05) is 19.6 Å². The summed E-state index contributed by atoms with van der Waals surface area (Å²) in [6, 6.07) is 19.0. The van der Waals surface area contributed by atoms with Crippen molar-refractivity contribution >= 4 is 15.9 Å². The molecule has 7 heteroatoms. The molecule has 27 heavy (non-hydrogen) atoms. The van der Waals surface area contributed by atoms with Crippen molar-refractivity contribution in [1.82, 2.24) is 9.62 Å². The first-order valence-corrected chi connectivity index (χ1v) is 10.6. The Balaban J connectivity index is 1.66. The molecule has 6 nitrogen and oxygen atoms in total. The Kier molecular flexibility index (Phi) is 6.60. The first kappa shape index (κ1) is 19.5. The van der Waals surface area contributed by atoms with E-state index in [9.17, 15) is 13.2 Å². The van der Waals surface area contributed by atoms with Crippen molar-refractivity contribution in [1.29, 1.82) is 0 Å². The number of nitrogens with one attached hydrogen (secondary N) is 1. The lowest BCUT2D eigenvalue weighted by Gasteiger charge is -2.26. The van der Waals surface area contributed by atoms with Gasteiger partial charge in [0.15, 0.2) is 0 Å². The van der Waals surface area contributed by atoms with Gasteiger partial charge in [-0.2, -0.15) is 4.31 Å². The second kappa shape index (κ2) is 9.12. The predicted octanol–water partition coefficient (Wildman–Crippen LogP) is 1.60. The van der Waals surface area contributed by atoms with Crippen molar-refractivity contribution in [2.45, 2.75) is 5.92 Å². The summed E-state index contributed by atoms with van der Waals surface area (Å²) in [4.78, 5) is 12.9. The van der Waals surface area contributed by atoms with Crippen LogP contribution in [0.15, 0.2) is 60.7 Å². The molecular formula is C20H24N2O4S. The number of hydrogen-bond acceptors (Lipinski definition) is 4. The summed E-state index contributed by atoms with van der Waals surface area (Å²) in [5, 5.41) is 2.80. The molecule has 1 heterocycles. The van der Waals surface area contributed by atoms with E-state index < -0.39 is 15.9 Å². The minimum absolute atomic E-state index is 0.0781. The molecule has 2 aromatic carbocycles. The van der Waals surface area contributed by atoms with Crippen LogP contribution in [-0.4, -0.2) is 57.2 Å². The number of carbonyl (C=O) groups is 1. The highest BCUT2D eigenvalue weighted by molar-refractivity contribution is 7.89. The number of hydrogen-bond donors (Lipinski definition) is 1. The molecular weight excluding hydrogens is 364 g/mol. The van der Waals surface area contributed by atoms with E-state index in [2.05, 4.69) is 5.32 Å². The van der Waals surface area contributed by atoms with E-state index in [1.54, 1.807) is 0 Å². The highest BCUT2D eigenvalue weighted by atomic mass is 32.2. The van der Waals surface area contributed by atoms with Crippen LogP contribution in [0.25, 0.3) is 0 Å². The van der Waals surface area contributed by atoms with Gasteiger partial charge in [0.1, 0.15) is 0 Å². The molecule has 2 aromatic rings. The predicted molar refractivity (Wildman–Crippen MR) is 104 cm³/mol. The number of rotatable bonds is 7. The van der Waals surface area contributed by atoms with Crippen molar-refractivity contribution in [3.05, 3.63) is 71.8 Å². The third-order valence-corrected chi connectivity index (χ3v) is 6.42. The molecule has 3 rings (SSSR count). The average Bonchev–Trinajstić information content (AvgIpc) is 2.70. The van der Waals surface area contributed by atoms with Crippen LogP contribution in [0, 0.1) is 0 Å². The van der Waals surface area contributed by atoms with E-state index >= 15 is 0 Å². The molecule has 0 aromatic heterocycles. The van der Waals surface area contributed by atoms with Gasteiger partial charge in [0.05, 0.1) is 24.9 Å². The molecule has 1 aliphatic heterocycles. The summed E-state index contributed by atoms with van der Waals surface area (Å²) in [6.45, 7) is 1.64. The molecule has 0 radical (unpaired) electrons. The lowest BCUT2D eigenvalue weighted by atomic mass is 9.90. The van der Waals surface area contributed by atoms with Crippen molar-refractivity contribution in [2.75, 3.05) is 38.6 Å². The maximum atomic E-state index is 12.9. The fourth-order valence-corrected chi connectivity index (χ4v) is 4.47. The van der Waals surface area contributed by atoms with Crippen molar-refractivity contribution < 1.29 is 17.9 Å². The quantitative estimate of drug-likeness (QED) is 0.782. The van der Waals surface area contributed by atoms with Crippen molar-refractivity contribution in [2.24, 2.45) is 0 Å². The number of amides is 1. The van der Waals surface area contributed by atoms with E-state index in [1.807, 2.05) is 60.7 Å². The smallest absolute Gasteiger partial charge is 0.232 e.